The number of carboxylic acid groups (broad SMARTS) is 1. The second kappa shape index (κ2) is 6.93. The van der Waals surface area contributed by atoms with Crippen LogP contribution in [0.3, 0.4) is 0 Å². The quantitative estimate of drug-likeness (QED) is 0.766. The highest BCUT2D eigenvalue weighted by Crippen LogP contribution is 2.32. The van der Waals surface area contributed by atoms with Gasteiger partial charge in [0.05, 0.1) is 11.6 Å². The fourth-order valence-corrected chi connectivity index (χ4v) is 3.97. The van der Waals surface area contributed by atoms with Crippen LogP contribution in [0.2, 0.25) is 0 Å². The molecule has 2 amide bonds. The van der Waals surface area contributed by atoms with Gasteiger partial charge in [-0.05, 0) is 53.7 Å². The lowest BCUT2D eigenvalue weighted by atomic mass is 10.1. The second-order valence-electron chi connectivity index (χ2n) is 6.34. The van der Waals surface area contributed by atoms with E-state index < -0.39 is 17.8 Å². The Morgan fingerprint density at radius 2 is 1.96 bits per heavy atom. The first kappa shape index (κ1) is 17.0. The van der Waals surface area contributed by atoms with Gasteiger partial charge in [0.2, 0.25) is 11.8 Å². The van der Waals surface area contributed by atoms with Gasteiger partial charge >= 0.3 is 5.97 Å². The van der Waals surface area contributed by atoms with Crippen molar-refractivity contribution >= 4 is 39.4 Å². The van der Waals surface area contributed by atoms with Crippen molar-refractivity contribution in [1.82, 2.24) is 5.32 Å². The third-order valence-electron chi connectivity index (χ3n) is 4.79. The van der Waals surface area contributed by atoms with Gasteiger partial charge in [-0.2, -0.15) is 0 Å². The molecule has 1 aromatic carbocycles. The number of hydrogen-bond acceptors (Lipinski definition) is 3. The van der Waals surface area contributed by atoms with Crippen molar-refractivity contribution in [2.75, 3.05) is 11.4 Å². The maximum absolute atomic E-state index is 12.6. The van der Waals surface area contributed by atoms with Crippen LogP contribution in [0, 0.1) is 11.8 Å². The Morgan fingerprint density at radius 1 is 1.21 bits per heavy atom. The summed E-state index contributed by atoms with van der Waals surface area (Å²) in [5, 5.41) is 11.9. The normalized spacial score (nSPS) is 26.6. The zero-order valence-corrected chi connectivity index (χ0v) is 14.7. The number of rotatable bonds is 4. The van der Waals surface area contributed by atoms with Crippen LogP contribution in [0.15, 0.2) is 28.7 Å². The molecule has 0 bridgehead atoms. The number of aliphatic carboxylic acids is 1. The number of carboxylic acids is 1. The Balaban J connectivity index is 1.62. The van der Waals surface area contributed by atoms with Crippen LogP contribution in [0.1, 0.15) is 25.7 Å². The minimum absolute atomic E-state index is 0.149. The minimum Gasteiger partial charge on any atom is -0.481 e. The molecule has 2 fully saturated rings. The highest BCUT2D eigenvalue weighted by Gasteiger charge is 2.40. The number of anilines is 1. The summed E-state index contributed by atoms with van der Waals surface area (Å²) in [5.74, 6) is -2.39. The first-order valence-electron chi connectivity index (χ1n) is 8.06. The van der Waals surface area contributed by atoms with E-state index in [-0.39, 0.29) is 17.9 Å². The average molecular weight is 395 g/mol. The lowest BCUT2D eigenvalue weighted by Crippen LogP contribution is -2.41. The van der Waals surface area contributed by atoms with Gasteiger partial charge in [0.1, 0.15) is 5.92 Å². The molecule has 0 aromatic heterocycles. The highest BCUT2D eigenvalue weighted by atomic mass is 79.9. The van der Waals surface area contributed by atoms with Crippen LogP contribution in [0.5, 0.6) is 0 Å². The van der Waals surface area contributed by atoms with Gasteiger partial charge < -0.3 is 15.3 Å². The summed E-state index contributed by atoms with van der Waals surface area (Å²) >= 11 is 3.43. The van der Waals surface area contributed by atoms with Gasteiger partial charge in [0.25, 0.3) is 0 Å². The molecule has 1 aliphatic carbocycles. The molecule has 1 heterocycles. The van der Waals surface area contributed by atoms with E-state index in [9.17, 15) is 14.4 Å². The summed E-state index contributed by atoms with van der Waals surface area (Å²) in [6, 6.07) is 7.28. The van der Waals surface area contributed by atoms with Crippen molar-refractivity contribution in [2.45, 2.75) is 31.7 Å². The fraction of sp³-hybridized carbons (Fsp3) is 0.471. The van der Waals surface area contributed by atoms with Gasteiger partial charge in [-0.3, -0.25) is 14.4 Å². The summed E-state index contributed by atoms with van der Waals surface area (Å²) in [6.07, 6.45) is 2.14. The monoisotopic (exact) mass is 394 g/mol. The molecule has 1 saturated heterocycles. The van der Waals surface area contributed by atoms with Crippen LogP contribution in [0.25, 0.3) is 0 Å². The predicted octanol–water partition coefficient (Wildman–Crippen LogP) is 2.17. The Kier molecular flexibility index (Phi) is 4.89. The molecular formula is C17H19BrN2O4. The van der Waals surface area contributed by atoms with E-state index in [0.717, 1.165) is 10.2 Å². The van der Waals surface area contributed by atoms with Crippen molar-refractivity contribution in [3.63, 3.8) is 0 Å². The first-order chi connectivity index (χ1) is 11.5. The van der Waals surface area contributed by atoms with E-state index in [4.69, 9.17) is 5.11 Å². The average Bonchev–Trinajstić information content (AvgIpc) is 3.15. The van der Waals surface area contributed by atoms with Crippen LogP contribution < -0.4 is 10.2 Å². The number of para-hydroxylation sites is 1. The van der Waals surface area contributed by atoms with E-state index in [1.165, 1.54) is 0 Å². The SMILES string of the molecule is O=C(N[C@H]1CC[C@@H](C(=O)O)C1)C1CCN(c2ccccc2Br)C1=O. The van der Waals surface area contributed by atoms with E-state index in [0.29, 0.717) is 32.2 Å². The molecule has 0 spiro atoms. The lowest BCUT2D eigenvalue weighted by Gasteiger charge is -2.19. The van der Waals surface area contributed by atoms with Gasteiger partial charge in [-0.15, -0.1) is 0 Å². The summed E-state index contributed by atoms with van der Waals surface area (Å²) in [4.78, 5) is 37.7. The smallest absolute Gasteiger partial charge is 0.306 e. The molecule has 24 heavy (non-hydrogen) atoms. The highest BCUT2D eigenvalue weighted by molar-refractivity contribution is 9.10. The molecule has 3 rings (SSSR count). The lowest BCUT2D eigenvalue weighted by molar-refractivity contribution is -0.142. The molecule has 1 aliphatic heterocycles. The van der Waals surface area contributed by atoms with Gasteiger partial charge in [0, 0.05) is 17.1 Å². The molecule has 2 aliphatic rings. The molecule has 0 radical (unpaired) electrons. The van der Waals surface area contributed by atoms with Gasteiger partial charge in [-0.25, -0.2) is 0 Å². The van der Waals surface area contributed by atoms with Crippen LogP contribution in [-0.2, 0) is 14.4 Å². The van der Waals surface area contributed by atoms with E-state index >= 15 is 0 Å². The third kappa shape index (κ3) is 3.31. The molecule has 1 saturated carbocycles. The molecule has 2 N–H and O–H groups in total. The largest absolute Gasteiger partial charge is 0.481 e. The summed E-state index contributed by atoms with van der Waals surface area (Å²) in [6.45, 7) is 0.502. The van der Waals surface area contributed by atoms with Crippen LogP contribution in [-0.4, -0.2) is 35.5 Å². The molecule has 3 atom stereocenters. The van der Waals surface area contributed by atoms with E-state index in [2.05, 4.69) is 21.2 Å². The summed E-state index contributed by atoms with van der Waals surface area (Å²) < 4.78 is 0.819. The molecule has 1 unspecified atom stereocenters. The van der Waals surface area contributed by atoms with Crippen molar-refractivity contribution in [1.29, 1.82) is 0 Å². The van der Waals surface area contributed by atoms with E-state index in [1.807, 2.05) is 24.3 Å². The number of hydrogen-bond donors (Lipinski definition) is 2. The van der Waals surface area contributed by atoms with Gasteiger partial charge in [0.15, 0.2) is 0 Å². The van der Waals surface area contributed by atoms with Crippen molar-refractivity contribution in [3.8, 4) is 0 Å². The topological polar surface area (TPSA) is 86.7 Å². The Morgan fingerprint density at radius 3 is 2.62 bits per heavy atom. The van der Waals surface area contributed by atoms with Gasteiger partial charge in [-0.1, -0.05) is 12.1 Å². The Bertz CT molecular complexity index is 678. The number of carbonyl (C=O) groups excluding carboxylic acids is 2. The second-order valence-corrected chi connectivity index (χ2v) is 7.19. The molecular weight excluding hydrogens is 376 g/mol. The zero-order valence-electron chi connectivity index (χ0n) is 13.1. The maximum atomic E-state index is 12.6. The summed E-state index contributed by atoms with van der Waals surface area (Å²) in [5.41, 5.74) is 0.768. The van der Waals surface area contributed by atoms with Crippen LogP contribution in [0.4, 0.5) is 5.69 Å². The van der Waals surface area contributed by atoms with Crippen molar-refractivity contribution < 1.29 is 19.5 Å². The maximum Gasteiger partial charge on any atom is 0.306 e. The Hall–Kier alpha value is -1.89. The van der Waals surface area contributed by atoms with E-state index in [1.54, 1.807) is 4.90 Å². The molecule has 6 nitrogen and oxygen atoms in total. The third-order valence-corrected chi connectivity index (χ3v) is 5.46. The number of carbonyl (C=O) groups is 3. The standard InChI is InChI=1S/C17H19BrN2O4/c18-13-3-1-2-4-14(13)20-8-7-12(16(20)22)15(21)19-11-6-5-10(9-11)17(23)24/h1-4,10-12H,5-9H2,(H,19,21)(H,23,24)/t10-,11+,12?/m1/s1. The molecule has 7 heteroatoms. The number of nitrogens with one attached hydrogen (secondary N) is 1. The number of amides is 2. The summed E-state index contributed by atoms with van der Waals surface area (Å²) in [7, 11) is 0. The fourth-order valence-electron chi connectivity index (χ4n) is 3.47. The number of halogens is 1. The van der Waals surface area contributed by atoms with Crippen molar-refractivity contribution in [2.24, 2.45) is 11.8 Å². The number of nitrogens with zero attached hydrogens (tertiary/aromatic N) is 1. The zero-order chi connectivity index (χ0) is 17.3. The Labute approximate surface area is 148 Å². The number of benzene rings is 1. The van der Waals surface area contributed by atoms with Crippen LogP contribution >= 0.6 is 15.9 Å². The molecule has 1 aromatic rings. The van der Waals surface area contributed by atoms with Crippen molar-refractivity contribution in [3.05, 3.63) is 28.7 Å². The molecule has 128 valence electrons. The predicted molar refractivity (Wildman–Crippen MR) is 91.5 cm³/mol. The minimum atomic E-state index is -0.816. The first-order valence-corrected chi connectivity index (χ1v) is 8.85.